The van der Waals surface area contributed by atoms with Gasteiger partial charge in [-0.15, -0.1) is 0 Å². The molecule has 1 saturated heterocycles. The first-order valence-electron chi connectivity index (χ1n) is 6.18. The molecule has 17 heavy (non-hydrogen) atoms. The fourth-order valence-electron chi connectivity index (χ4n) is 2.28. The van der Waals surface area contributed by atoms with E-state index in [1.807, 2.05) is 12.1 Å². The van der Waals surface area contributed by atoms with Crippen LogP contribution in [0.5, 0.6) is 0 Å². The number of nitrogens with one attached hydrogen (secondary N) is 1. The van der Waals surface area contributed by atoms with Gasteiger partial charge >= 0.3 is 0 Å². The molecule has 1 atom stereocenters. The lowest BCUT2D eigenvalue weighted by Crippen LogP contribution is -2.44. The second-order valence-corrected chi connectivity index (χ2v) is 5.78. The van der Waals surface area contributed by atoms with Crippen molar-refractivity contribution >= 4 is 11.5 Å². The van der Waals surface area contributed by atoms with Crippen molar-refractivity contribution in [3.8, 4) is 0 Å². The Hall–Kier alpha value is -1.29. The molecule has 0 amide bonds. The molecular formula is C13H22N4. The van der Waals surface area contributed by atoms with Gasteiger partial charge in [-0.05, 0) is 39.3 Å². The van der Waals surface area contributed by atoms with E-state index >= 15 is 0 Å². The van der Waals surface area contributed by atoms with Crippen LogP contribution in [-0.2, 0) is 0 Å². The monoisotopic (exact) mass is 234 g/mol. The summed E-state index contributed by atoms with van der Waals surface area (Å²) < 4.78 is 0. The zero-order valence-corrected chi connectivity index (χ0v) is 10.9. The molecule has 1 aliphatic heterocycles. The van der Waals surface area contributed by atoms with Gasteiger partial charge in [-0.1, -0.05) is 0 Å². The van der Waals surface area contributed by atoms with Crippen molar-refractivity contribution in [2.24, 2.45) is 0 Å². The van der Waals surface area contributed by atoms with Crippen LogP contribution in [0.3, 0.4) is 0 Å². The third-order valence-electron chi connectivity index (χ3n) is 2.92. The quantitative estimate of drug-likeness (QED) is 0.816. The average molecular weight is 234 g/mol. The molecule has 4 heteroatoms. The minimum absolute atomic E-state index is 0.176. The van der Waals surface area contributed by atoms with E-state index in [4.69, 9.17) is 5.73 Å². The van der Waals surface area contributed by atoms with E-state index in [-0.39, 0.29) is 5.54 Å². The number of nitrogen functional groups attached to an aromatic ring is 1. The molecule has 0 spiro atoms. The zero-order valence-electron chi connectivity index (χ0n) is 10.9. The highest BCUT2D eigenvalue weighted by molar-refractivity contribution is 5.46. The number of hydrogen-bond acceptors (Lipinski definition) is 4. The van der Waals surface area contributed by atoms with Gasteiger partial charge in [-0.2, -0.15) is 0 Å². The molecule has 4 nitrogen and oxygen atoms in total. The van der Waals surface area contributed by atoms with Gasteiger partial charge in [0.15, 0.2) is 0 Å². The highest BCUT2D eigenvalue weighted by atomic mass is 15.2. The molecule has 3 N–H and O–H groups in total. The third-order valence-corrected chi connectivity index (χ3v) is 2.92. The molecule has 2 heterocycles. The number of nitrogens with zero attached hydrogens (tertiary/aromatic N) is 2. The van der Waals surface area contributed by atoms with Crippen LogP contribution in [0.25, 0.3) is 0 Å². The molecule has 1 aliphatic rings. The largest absolute Gasteiger partial charge is 0.397 e. The Labute approximate surface area is 103 Å². The fourth-order valence-corrected chi connectivity index (χ4v) is 2.28. The van der Waals surface area contributed by atoms with Crippen LogP contribution in [0.15, 0.2) is 18.3 Å². The summed E-state index contributed by atoms with van der Waals surface area (Å²) in [6.07, 6.45) is 2.89. The summed E-state index contributed by atoms with van der Waals surface area (Å²) in [6, 6.07) is 4.45. The number of aromatic nitrogens is 1. The van der Waals surface area contributed by atoms with Crippen molar-refractivity contribution in [1.82, 2.24) is 10.3 Å². The van der Waals surface area contributed by atoms with Crippen molar-refractivity contribution in [2.75, 3.05) is 23.7 Å². The summed E-state index contributed by atoms with van der Waals surface area (Å²) in [6.45, 7) is 8.70. The first-order valence-corrected chi connectivity index (χ1v) is 6.18. The number of anilines is 2. The average Bonchev–Trinajstić information content (AvgIpc) is 2.64. The second-order valence-electron chi connectivity index (χ2n) is 5.78. The SMILES string of the molecule is CC(C)(C)N[C@H]1CCN(c2ccc(N)cn2)C1. The minimum atomic E-state index is 0.176. The second kappa shape index (κ2) is 4.53. The molecular weight excluding hydrogens is 212 g/mol. The van der Waals surface area contributed by atoms with Crippen molar-refractivity contribution < 1.29 is 0 Å². The van der Waals surface area contributed by atoms with E-state index in [1.165, 1.54) is 6.42 Å². The molecule has 0 aliphatic carbocycles. The normalized spacial score (nSPS) is 20.9. The number of rotatable bonds is 2. The van der Waals surface area contributed by atoms with Gasteiger partial charge < -0.3 is 16.0 Å². The van der Waals surface area contributed by atoms with Crippen LogP contribution in [0.2, 0.25) is 0 Å². The number of pyridine rings is 1. The van der Waals surface area contributed by atoms with Crippen molar-refractivity contribution in [2.45, 2.75) is 38.8 Å². The van der Waals surface area contributed by atoms with E-state index in [0.29, 0.717) is 6.04 Å². The van der Waals surface area contributed by atoms with Gasteiger partial charge in [-0.25, -0.2) is 4.98 Å². The predicted molar refractivity (Wildman–Crippen MR) is 72.2 cm³/mol. The van der Waals surface area contributed by atoms with Gasteiger partial charge in [0.1, 0.15) is 5.82 Å². The van der Waals surface area contributed by atoms with Crippen molar-refractivity contribution in [3.63, 3.8) is 0 Å². The van der Waals surface area contributed by atoms with Gasteiger partial charge in [0, 0.05) is 24.7 Å². The summed E-state index contributed by atoms with van der Waals surface area (Å²) in [7, 11) is 0. The summed E-state index contributed by atoms with van der Waals surface area (Å²) >= 11 is 0. The first kappa shape index (κ1) is 12.2. The highest BCUT2D eigenvalue weighted by Crippen LogP contribution is 2.19. The maximum absolute atomic E-state index is 5.64. The minimum Gasteiger partial charge on any atom is -0.397 e. The summed E-state index contributed by atoms with van der Waals surface area (Å²) in [5.74, 6) is 1.03. The van der Waals surface area contributed by atoms with E-state index in [9.17, 15) is 0 Å². The Morgan fingerprint density at radius 1 is 1.41 bits per heavy atom. The van der Waals surface area contributed by atoms with Crippen LogP contribution in [0.1, 0.15) is 27.2 Å². The van der Waals surface area contributed by atoms with Gasteiger partial charge in [-0.3, -0.25) is 0 Å². The van der Waals surface area contributed by atoms with Crippen LogP contribution < -0.4 is 16.0 Å². The topological polar surface area (TPSA) is 54.2 Å². The molecule has 0 bridgehead atoms. The Kier molecular flexibility index (Phi) is 3.24. The first-order chi connectivity index (χ1) is 7.94. The molecule has 0 aromatic carbocycles. The third kappa shape index (κ3) is 3.33. The lowest BCUT2D eigenvalue weighted by atomic mass is 10.1. The van der Waals surface area contributed by atoms with Crippen molar-refractivity contribution in [1.29, 1.82) is 0 Å². The van der Waals surface area contributed by atoms with Crippen LogP contribution >= 0.6 is 0 Å². The van der Waals surface area contributed by atoms with E-state index < -0.39 is 0 Å². The zero-order chi connectivity index (χ0) is 12.5. The van der Waals surface area contributed by atoms with Gasteiger partial charge in [0.25, 0.3) is 0 Å². The Bertz CT molecular complexity index is 366. The lowest BCUT2D eigenvalue weighted by Gasteiger charge is -2.26. The van der Waals surface area contributed by atoms with E-state index in [0.717, 1.165) is 24.6 Å². The van der Waals surface area contributed by atoms with Crippen LogP contribution in [-0.4, -0.2) is 29.7 Å². The van der Waals surface area contributed by atoms with Gasteiger partial charge in [0.2, 0.25) is 0 Å². The molecule has 0 saturated carbocycles. The maximum Gasteiger partial charge on any atom is 0.128 e. The van der Waals surface area contributed by atoms with Crippen LogP contribution in [0, 0.1) is 0 Å². The number of hydrogen-bond donors (Lipinski definition) is 2. The predicted octanol–water partition coefficient (Wildman–Crippen LogP) is 1.63. The molecule has 2 rings (SSSR count). The molecule has 1 aromatic heterocycles. The molecule has 94 valence electrons. The Morgan fingerprint density at radius 3 is 2.76 bits per heavy atom. The van der Waals surface area contributed by atoms with Crippen LogP contribution in [0.4, 0.5) is 11.5 Å². The number of nitrogens with two attached hydrogens (primary N) is 1. The Balaban J connectivity index is 1.96. The summed E-state index contributed by atoms with van der Waals surface area (Å²) in [4.78, 5) is 6.67. The summed E-state index contributed by atoms with van der Waals surface area (Å²) in [5, 5.41) is 3.64. The van der Waals surface area contributed by atoms with E-state index in [2.05, 4.69) is 36.0 Å². The summed E-state index contributed by atoms with van der Waals surface area (Å²) in [5.41, 5.74) is 6.54. The molecule has 0 radical (unpaired) electrons. The Morgan fingerprint density at radius 2 is 2.18 bits per heavy atom. The maximum atomic E-state index is 5.64. The van der Waals surface area contributed by atoms with Crippen molar-refractivity contribution in [3.05, 3.63) is 18.3 Å². The molecule has 0 unspecified atom stereocenters. The highest BCUT2D eigenvalue weighted by Gasteiger charge is 2.26. The van der Waals surface area contributed by atoms with Gasteiger partial charge in [0.05, 0.1) is 11.9 Å². The van der Waals surface area contributed by atoms with E-state index in [1.54, 1.807) is 6.20 Å². The molecule has 1 fully saturated rings. The smallest absolute Gasteiger partial charge is 0.128 e. The molecule has 1 aromatic rings. The fraction of sp³-hybridized carbons (Fsp3) is 0.615. The standard InChI is InChI=1S/C13H22N4/c1-13(2,3)16-11-6-7-17(9-11)12-5-4-10(14)8-15-12/h4-5,8,11,16H,6-7,9,14H2,1-3H3/t11-/m0/s1. The lowest BCUT2D eigenvalue weighted by molar-refractivity contribution is 0.373.